The molecule has 62 valence electrons. The van der Waals surface area contributed by atoms with E-state index in [1.54, 1.807) is 0 Å². The molecule has 11 heavy (non-hydrogen) atoms. The summed E-state index contributed by atoms with van der Waals surface area (Å²) in [6, 6.07) is 0. The van der Waals surface area contributed by atoms with Crippen LogP contribution in [0.4, 0.5) is 0 Å². The minimum Gasteiger partial charge on any atom is -0.303 e. The standard InChI is InChI=1S/C9H14O2/c10-6-9(7-11)8-4-2-1-3-5-8/h6-9H,1-5H2. The summed E-state index contributed by atoms with van der Waals surface area (Å²) in [4.78, 5) is 20.8. The summed E-state index contributed by atoms with van der Waals surface area (Å²) in [6.45, 7) is 0. The number of carbonyl (C=O) groups excluding carboxylic acids is 2. The van der Waals surface area contributed by atoms with Gasteiger partial charge in [0.05, 0.1) is 5.92 Å². The van der Waals surface area contributed by atoms with E-state index in [0.29, 0.717) is 5.92 Å². The summed E-state index contributed by atoms with van der Waals surface area (Å²) < 4.78 is 0. The summed E-state index contributed by atoms with van der Waals surface area (Å²) in [5, 5.41) is 0. The van der Waals surface area contributed by atoms with Crippen LogP contribution >= 0.6 is 0 Å². The van der Waals surface area contributed by atoms with Gasteiger partial charge in [0.15, 0.2) is 0 Å². The zero-order chi connectivity index (χ0) is 8.10. The average Bonchev–Trinajstić information content (AvgIpc) is 2.09. The lowest BCUT2D eigenvalue weighted by atomic mass is 9.81. The van der Waals surface area contributed by atoms with E-state index in [-0.39, 0.29) is 5.92 Å². The Morgan fingerprint density at radius 2 is 1.55 bits per heavy atom. The second-order valence-electron chi connectivity index (χ2n) is 3.25. The molecule has 0 aromatic carbocycles. The van der Waals surface area contributed by atoms with E-state index in [2.05, 4.69) is 0 Å². The fraction of sp³-hybridized carbons (Fsp3) is 0.778. The number of rotatable bonds is 3. The van der Waals surface area contributed by atoms with E-state index in [9.17, 15) is 9.59 Å². The zero-order valence-electron chi connectivity index (χ0n) is 6.66. The third kappa shape index (κ3) is 2.14. The van der Waals surface area contributed by atoms with Crippen LogP contribution in [0.3, 0.4) is 0 Å². The predicted octanol–water partition coefficient (Wildman–Crippen LogP) is 1.58. The van der Waals surface area contributed by atoms with Crippen molar-refractivity contribution in [1.29, 1.82) is 0 Å². The molecular formula is C9H14O2. The van der Waals surface area contributed by atoms with Crippen LogP contribution < -0.4 is 0 Å². The second-order valence-corrected chi connectivity index (χ2v) is 3.25. The number of hydrogen-bond donors (Lipinski definition) is 0. The maximum Gasteiger partial charge on any atom is 0.130 e. The van der Waals surface area contributed by atoms with Gasteiger partial charge in [-0.3, -0.25) is 0 Å². The Balaban J connectivity index is 2.42. The molecule has 2 nitrogen and oxygen atoms in total. The van der Waals surface area contributed by atoms with Gasteiger partial charge in [-0.15, -0.1) is 0 Å². The van der Waals surface area contributed by atoms with Crippen molar-refractivity contribution in [2.75, 3.05) is 0 Å². The molecule has 0 unspecified atom stereocenters. The van der Waals surface area contributed by atoms with Crippen LogP contribution in [-0.4, -0.2) is 12.6 Å². The Kier molecular flexibility index (Phi) is 3.27. The van der Waals surface area contributed by atoms with Gasteiger partial charge in [-0.25, -0.2) is 0 Å². The van der Waals surface area contributed by atoms with Crippen molar-refractivity contribution in [3.8, 4) is 0 Å². The molecule has 0 aromatic rings. The third-order valence-corrected chi connectivity index (χ3v) is 2.51. The van der Waals surface area contributed by atoms with Crippen LogP contribution in [0.1, 0.15) is 32.1 Å². The lowest BCUT2D eigenvalue weighted by Crippen LogP contribution is -2.20. The van der Waals surface area contributed by atoms with Crippen LogP contribution in [0.5, 0.6) is 0 Å². The molecule has 0 spiro atoms. The first-order valence-corrected chi connectivity index (χ1v) is 4.29. The first-order chi connectivity index (χ1) is 5.38. The van der Waals surface area contributed by atoms with Crippen molar-refractivity contribution in [2.45, 2.75) is 32.1 Å². The Hall–Kier alpha value is -0.660. The molecule has 1 aliphatic rings. The highest BCUT2D eigenvalue weighted by atomic mass is 16.1. The molecule has 0 aliphatic heterocycles. The van der Waals surface area contributed by atoms with Gasteiger partial charge in [0.2, 0.25) is 0 Å². The van der Waals surface area contributed by atoms with Crippen LogP contribution in [0.15, 0.2) is 0 Å². The zero-order valence-corrected chi connectivity index (χ0v) is 6.66. The third-order valence-electron chi connectivity index (χ3n) is 2.51. The van der Waals surface area contributed by atoms with Gasteiger partial charge in [-0.1, -0.05) is 19.3 Å². The summed E-state index contributed by atoms with van der Waals surface area (Å²) in [5.74, 6) is 0.0223. The second kappa shape index (κ2) is 4.27. The smallest absolute Gasteiger partial charge is 0.130 e. The molecule has 0 aromatic heterocycles. The van der Waals surface area contributed by atoms with Crippen LogP contribution in [-0.2, 0) is 9.59 Å². The maximum absolute atomic E-state index is 10.4. The maximum atomic E-state index is 10.4. The number of carbonyl (C=O) groups is 2. The van der Waals surface area contributed by atoms with E-state index in [1.165, 1.54) is 19.3 Å². The summed E-state index contributed by atoms with van der Waals surface area (Å²) in [5.41, 5.74) is 0. The molecule has 0 radical (unpaired) electrons. The van der Waals surface area contributed by atoms with Gasteiger partial charge >= 0.3 is 0 Å². The largest absolute Gasteiger partial charge is 0.303 e. The number of hydrogen-bond acceptors (Lipinski definition) is 2. The van der Waals surface area contributed by atoms with Gasteiger partial charge in [0.1, 0.15) is 12.6 Å². The highest BCUT2D eigenvalue weighted by Gasteiger charge is 2.22. The van der Waals surface area contributed by atoms with Gasteiger partial charge in [-0.2, -0.15) is 0 Å². The molecule has 0 bridgehead atoms. The monoisotopic (exact) mass is 154 g/mol. The predicted molar refractivity (Wildman–Crippen MR) is 42.2 cm³/mol. The quantitative estimate of drug-likeness (QED) is 0.457. The highest BCUT2D eigenvalue weighted by molar-refractivity contribution is 5.77. The summed E-state index contributed by atoms with van der Waals surface area (Å²) in [7, 11) is 0. The molecule has 0 saturated heterocycles. The van der Waals surface area contributed by atoms with E-state index < -0.39 is 0 Å². The minimum atomic E-state index is -0.324. The SMILES string of the molecule is O=CC(C=O)C1CCCCC1. The van der Waals surface area contributed by atoms with Gasteiger partial charge in [-0.05, 0) is 18.8 Å². The van der Waals surface area contributed by atoms with Gasteiger partial charge in [0, 0.05) is 0 Å². The lowest BCUT2D eigenvalue weighted by Gasteiger charge is -2.22. The normalized spacial score (nSPS) is 20.1. The van der Waals surface area contributed by atoms with Gasteiger partial charge < -0.3 is 9.59 Å². The Morgan fingerprint density at radius 1 is 1.00 bits per heavy atom. The summed E-state index contributed by atoms with van der Waals surface area (Å²) >= 11 is 0. The van der Waals surface area contributed by atoms with Crippen LogP contribution in [0, 0.1) is 11.8 Å². The topological polar surface area (TPSA) is 34.1 Å². The Labute approximate surface area is 67.0 Å². The molecule has 1 saturated carbocycles. The molecule has 0 atom stereocenters. The fourth-order valence-electron chi connectivity index (χ4n) is 1.77. The van der Waals surface area contributed by atoms with Crippen molar-refractivity contribution >= 4 is 12.6 Å². The van der Waals surface area contributed by atoms with E-state index in [1.807, 2.05) is 0 Å². The molecule has 1 aliphatic carbocycles. The highest BCUT2D eigenvalue weighted by Crippen LogP contribution is 2.27. The van der Waals surface area contributed by atoms with Crippen molar-refractivity contribution in [2.24, 2.45) is 11.8 Å². The van der Waals surface area contributed by atoms with Crippen molar-refractivity contribution in [3.05, 3.63) is 0 Å². The van der Waals surface area contributed by atoms with Crippen LogP contribution in [0.2, 0.25) is 0 Å². The van der Waals surface area contributed by atoms with Crippen molar-refractivity contribution in [3.63, 3.8) is 0 Å². The molecule has 1 rings (SSSR count). The molecule has 0 heterocycles. The lowest BCUT2D eigenvalue weighted by molar-refractivity contribution is -0.121. The molecule has 0 amide bonds. The molecule has 1 fully saturated rings. The molecular weight excluding hydrogens is 140 g/mol. The average molecular weight is 154 g/mol. The van der Waals surface area contributed by atoms with Gasteiger partial charge in [0.25, 0.3) is 0 Å². The molecule has 2 heteroatoms. The minimum absolute atomic E-state index is 0.324. The van der Waals surface area contributed by atoms with Crippen molar-refractivity contribution < 1.29 is 9.59 Å². The first-order valence-electron chi connectivity index (χ1n) is 4.29. The molecule has 0 N–H and O–H groups in total. The van der Waals surface area contributed by atoms with Crippen molar-refractivity contribution in [1.82, 2.24) is 0 Å². The van der Waals surface area contributed by atoms with E-state index in [4.69, 9.17) is 0 Å². The Morgan fingerprint density at radius 3 is 2.00 bits per heavy atom. The Bertz CT molecular complexity index is 128. The van der Waals surface area contributed by atoms with E-state index in [0.717, 1.165) is 25.4 Å². The van der Waals surface area contributed by atoms with Crippen LogP contribution in [0.25, 0.3) is 0 Å². The number of aldehydes is 2. The van der Waals surface area contributed by atoms with E-state index >= 15 is 0 Å². The summed E-state index contributed by atoms with van der Waals surface area (Å²) in [6.07, 6.45) is 7.34. The fourth-order valence-corrected chi connectivity index (χ4v) is 1.77. The first kappa shape index (κ1) is 8.44.